The third-order valence-corrected chi connectivity index (χ3v) is 5.25. The molecule has 0 spiro atoms. The molecular formula is C19H20N2O4S. The fourth-order valence-corrected chi connectivity index (χ4v) is 3.90. The van der Waals surface area contributed by atoms with Crippen LogP contribution in [0.5, 0.6) is 0 Å². The average molecular weight is 372 g/mol. The van der Waals surface area contributed by atoms with E-state index >= 15 is 0 Å². The zero-order valence-electron chi connectivity index (χ0n) is 15.1. The molecule has 0 bridgehead atoms. The highest BCUT2D eigenvalue weighted by Crippen LogP contribution is 2.35. The second kappa shape index (κ2) is 6.99. The van der Waals surface area contributed by atoms with Crippen LogP contribution in [0.2, 0.25) is 0 Å². The van der Waals surface area contributed by atoms with Crippen molar-refractivity contribution in [3.05, 3.63) is 40.9 Å². The van der Waals surface area contributed by atoms with Gasteiger partial charge in [-0.1, -0.05) is 18.2 Å². The van der Waals surface area contributed by atoms with Crippen molar-refractivity contribution >= 4 is 45.9 Å². The van der Waals surface area contributed by atoms with Crippen molar-refractivity contribution in [2.75, 3.05) is 7.11 Å². The van der Waals surface area contributed by atoms with E-state index in [4.69, 9.17) is 0 Å². The van der Waals surface area contributed by atoms with Gasteiger partial charge in [0.2, 0.25) is 0 Å². The second-order valence-electron chi connectivity index (χ2n) is 6.35. The minimum Gasteiger partial charge on any atom is -0.467 e. The summed E-state index contributed by atoms with van der Waals surface area (Å²) in [6.07, 6.45) is 3.70. The summed E-state index contributed by atoms with van der Waals surface area (Å²) < 4.78 is 6.77. The van der Waals surface area contributed by atoms with Crippen LogP contribution in [0.3, 0.4) is 0 Å². The standard InChI is InChI=1S/C19H20N2O4S/c1-11(2)20-10-13(14-7-5-6-8-15(14)20)9-16-17(22)21(19(24)26-16)12(3)18(23)25-4/h5-12H,1-4H3/b16-9+/t12-/m1/s1. The van der Waals surface area contributed by atoms with Gasteiger partial charge < -0.3 is 9.30 Å². The van der Waals surface area contributed by atoms with Gasteiger partial charge in [0, 0.05) is 28.7 Å². The number of hydrogen-bond acceptors (Lipinski definition) is 5. The molecule has 0 N–H and O–H groups in total. The number of esters is 1. The Morgan fingerprint density at radius 3 is 2.54 bits per heavy atom. The highest BCUT2D eigenvalue weighted by Gasteiger charge is 2.41. The zero-order valence-corrected chi connectivity index (χ0v) is 15.9. The summed E-state index contributed by atoms with van der Waals surface area (Å²) in [4.78, 5) is 37.9. The van der Waals surface area contributed by atoms with E-state index in [-0.39, 0.29) is 6.04 Å². The van der Waals surface area contributed by atoms with E-state index in [0.717, 1.165) is 33.1 Å². The lowest BCUT2D eigenvalue weighted by Gasteiger charge is -2.18. The summed E-state index contributed by atoms with van der Waals surface area (Å²) in [5.74, 6) is -1.09. The molecule has 2 amide bonds. The van der Waals surface area contributed by atoms with Crippen LogP contribution in [0.15, 0.2) is 35.4 Å². The Labute approximate surface area is 155 Å². The number of aromatic nitrogens is 1. The lowest BCUT2D eigenvalue weighted by Crippen LogP contribution is -2.42. The van der Waals surface area contributed by atoms with Gasteiger partial charge in [0.05, 0.1) is 12.0 Å². The van der Waals surface area contributed by atoms with E-state index in [9.17, 15) is 14.4 Å². The van der Waals surface area contributed by atoms with E-state index in [2.05, 4.69) is 23.2 Å². The molecule has 3 rings (SSSR count). The number of carbonyl (C=O) groups is 3. The van der Waals surface area contributed by atoms with E-state index in [1.165, 1.54) is 14.0 Å². The summed E-state index contributed by atoms with van der Waals surface area (Å²) in [6.45, 7) is 5.65. The molecule has 0 aliphatic carbocycles. The minimum absolute atomic E-state index is 0.261. The Kier molecular flexibility index (Phi) is 4.91. The van der Waals surface area contributed by atoms with Crippen LogP contribution >= 0.6 is 11.8 Å². The van der Waals surface area contributed by atoms with Crippen molar-refractivity contribution in [3.63, 3.8) is 0 Å². The van der Waals surface area contributed by atoms with Crippen LogP contribution in [0.1, 0.15) is 32.4 Å². The average Bonchev–Trinajstić information content (AvgIpc) is 3.12. The molecule has 26 heavy (non-hydrogen) atoms. The number of imide groups is 1. The first kappa shape index (κ1) is 18.3. The Balaban J connectivity index is 2.02. The third-order valence-electron chi connectivity index (χ3n) is 4.37. The van der Waals surface area contributed by atoms with Crippen LogP contribution in [-0.2, 0) is 14.3 Å². The minimum atomic E-state index is -0.949. The Bertz CT molecular complexity index is 929. The van der Waals surface area contributed by atoms with Gasteiger partial charge in [-0.25, -0.2) is 4.79 Å². The molecule has 136 valence electrons. The molecule has 1 aromatic carbocycles. The number of rotatable bonds is 4. The number of benzene rings is 1. The van der Waals surface area contributed by atoms with Gasteiger partial charge >= 0.3 is 5.97 Å². The number of ether oxygens (including phenoxy) is 1. The van der Waals surface area contributed by atoms with Crippen LogP contribution in [0.25, 0.3) is 17.0 Å². The van der Waals surface area contributed by atoms with Gasteiger partial charge in [0.1, 0.15) is 6.04 Å². The lowest BCUT2D eigenvalue weighted by molar-refractivity contribution is -0.148. The number of fused-ring (bicyclic) bond motifs is 1. The maximum atomic E-state index is 12.7. The van der Waals surface area contributed by atoms with Gasteiger partial charge in [-0.05, 0) is 44.7 Å². The fourth-order valence-electron chi connectivity index (χ4n) is 3.01. The molecule has 1 saturated heterocycles. The van der Waals surface area contributed by atoms with Gasteiger partial charge in [0.25, 0.3) is 11.1 Å². The molecule has 2 heterocycles. The normalized spacial score (nSPS) is 17.6. The quantitative estimate of drug-likeness (QED) is 0.603. The Morgan fingerprint density at radius 2 is 1.88 bits per heavy atom. The van der Waals surface area contributed by atoms with Crippen molar-refractivity contribution in [1.82, 2.24) is 9.47 Å². The predicted octanol–water partition coefficient (Wildman–Crippen LogP) is 3.82. The summed E-state index contributed by atoms with van der Waals surface area (Å²) >= 11 is 0.841. The molecular weight excluding hydrogens is 352 g/mol. The molecule has 7 heteroatoms. The summed E-state index contributed by atoms with van der Waals surface area (Å²) in [5, 5.41) is 0.542. The van der Waals surface area contributed by atoms with E-state index in [0.29, 0.717) is 4.91 Å². The summed E-state index contributed by atoms with van der Waals surface area (Å²) in [5.41, 5.74) is 1.93. The topological polar surface area (TPSA) is 68.6 Å². The van der Waals surface area contributed by atoms with Crippen LogP contribution in [0, 0.1) is 0 Å². The van der Waals surface area contributed by atoms with Crippen molar-refractivity contribution in [1.29, 1.82) is 0 Å². The highest BCUT2D eigenvalue weighted by molar-refractivity contribution is 8.18. The Morgan fingerprint density at radius 1 is 1.19 bits per heavy atom. The number of thioether (sulfide) groups is 1. The molecule has 0 saturated carbocycles. The van der Waals surface area contributed by atoms with Gasteiger partial charge in [-0.2, -0.15) is 0 Å². The number of methoxy groups -OCH3 is 1. The highest BCUT2D eigenvalue weighted by atomic mass is 32.2. The third kappa shape index (κ3) is 3.03. The van der Waals surface area contributed by atoms with Crippen LogP contribution in [0.4, 0.5) is 4.79 Å². The predicted molar refractivity (Wildman–Crippen MR) is 102 cm³/mol. The zero-order chi connectivity index (χ0) is 19.0. The van der Waals surface area contributed by atoms with Gasteiger partial charge in [-0.15, -0.1) is 0 Å². The Hall–Kier alpha value is -2.54. The van der Waals surface area contributed by atoms with Crippen molar-refractivity contribution in [3.8, 4) is 0 Å². The maximum absolute atomic E-state index is 12.7. The molecule has 0 unspecified atom stereocenters. The van der Waals surface area contributed by atoms with Gasteiger partial charge in [0.15, 0.2) is 0 Å². The molecule has 1 atom stereocenters. The summed E-state index contributed by atoms with van der Waals surface area (Å²) in [6, 6.07) is 7.23. The summed E-state index contributed by atoms with van der Waals surface area (Å²) in [7, 11) is 1.23. The first-order chi connectivity index (χ1) is 12.3. The SMILES string of the molecule is COC(=O)[C@@H](C)N1C(=O)S/C(=C/c2cn(C(C)C)c3ccccc23)C1=O. The molecule has 1 fully saturated rings. The maximum Gasteiger partial charge on any atom is 0.328 e. The molecule has 1 aromatic heterocycles. The van der Waals surface area contributed by atoms with Crippen LogP contribution < -0.4 is 0 Å². The molecule has 1 aliphatic rings. The van der Waals surface area contributed by atoms with Crippen molar-refractivity contribution in [2.45, 2.75) is 32.9 Å². The van der Waals surface area contributed by atoms with Crippen molar-refractivity contribution in [2.24, 2.45) is 0 Å². The van der Waals surface area contributed by atoms with Crippen molar-refractivity contribution < 1.29 is 19.1 Å². The molecule has 6 nitrogen and oxygen atoms in total. The van der Waals surface area contributed by atoms with E-state index < -0.39 is 23.2 Å². The lowest BCUT2D eigenvalue weighted by atomic mass is 10.1. The molecule has 1 aliphatic heterocycles. The first-order valence-electron chi connectivity index (χ1n) is 8.29. The monoisotopic (exact) mass is 372 g/mol. The number of carbonyl (C=O) groups excluding carboxylic acids is 3. The van der Waals surface area contributed by atoms with E-state index in [1.54, 1.807) is 6.08 Å². The number of hydrogen-bond donors (Lipinski definition) is 0. The largest absolute Gasteiger partial charge is 0.467 e. The van der Waals surface area contributed by atoms with Crippen LogP contribution in [-0.4, -0.2) is 39.7 Å². The molecule has 2 aromatic rings. The van der Waals surface area contributed by atoms with Gasteiger partial charge in [-0.3, -0.25) is 14.5 Å². The fraction of sp³-hybridized carbons (Fsp3) is 0.316. The van der Waals surface area contributed by atoms with E-state index in [1.807, 2.05) is 30.5 Å². The second-order valence-corrected chi connectivity index (χ2v) is 7.35. The number of nitrogens with zero attached hydrogens (tertiary/aromatic N) is 2. The first-order valence-corrected chi connectivity index (χ1v) is 9.11. The number of amides is 2. The molecule has 0 radical (unpaired) electrons. The number of para-hydroxylation sites is 1. The smallest absolute Gasteiger partial charge is 0.328 e.